The van der Waals surface area contributed by atoms with Gasteiger partial charge >= 0.3 is 5.97 Å². The van der Waals surface area contributed by atoms with Crippen molar-refractivity contribution in [2.24, 2.45) is 11.8 Å². The first-order valence-electron chi connectivity index (χ1n) is 10.2. The van der Waals surface area contributed by atoms with E-state index in [0.717, 1.165) is 46.2 Å². The molecule has 1 saturated carbocycles. The third-order valence-corrected chi connectivity index (χ3v) is 6.81. The zero-order valence-electron chi connectivity index (χ0n) is 16.5. The number of benzene rings is 1. The van der Waals surface area contributed by atoms with E-state index in [1.165, 1.54) is 0 Å². The van der Waals surface area contributed by atoms with E-state index in [0.29, 0.717) is 12.8 Å². The Morgan fingerprint density at radius 1 is 1.24 bits per heavy atom. The van der Waals surface area contributed by atoms with Crippen molar-refractivity contribution >= 4 is 33.2 Å². The zero-order valence-corrected chi connectivity index (χ0v) is 17.4. The summed E-state index contributed by atoms with van der Waals surface area (Å²) in [6.07, 6.45) is 7.92. The second kappa shape index (κ2) is 9.99. The van der Waals surface area contributed by atoms with Crippen LogP contribution in [0.3, 0.4) is 0 Å². The molecule has 0 radical (unpaired) electrons. The van der Waals surface area contributed by atoms with E-state index in [1.807, 2.05) is 36.4 Å². The lowest BCUT2D eigenvalue weighted by molar-refractivity contribution is -0.137. The van der Waals surface area contributed by atoms with Gasteiger partial charge in [-0.3, -0.25) is 9.59 Å². The molecule has 0 bridgehead atoms. The Morgan fingerprint density at radius 3 is 2.76 bits per heavy atom. The number of rotatable bonds is 10. The molecule has 2 aromatic rings. The standard InChI is InChI=1S/C24H28O4S/c1-16-14-21(26)19(18(16)9-4-2-3-5-11-24(27)28)12-13-20(25)23-15-17-8-6-7-10-22(17)29-23/h6-8,10,12-13,15,18-20,25H,1-5,9,11,14H2,(H,27,28)/t18-,19+,20+/m0/s1. The van der Waals surface area contributed by atoms with Gasteiger partial charge in [-0.05, 0) is 36.3 Å². The number of ketones is 1. The summed E-state index contributed by atoms with van der Waals surface area (Å²) in [4.78, 5) is 23.9. The van der Waals surface area contributed by atoms with Gasteiger partial charge in [-0.15, -0.1) is 11.3 Å². The van der Waals surface area contributed by atoms with Crippen LogP contribution in [0.25, 0.3) is 10.1 Å². The molecule has 1 aromatic carbocycles. The highest BCUT2D eigenvalue weighted by Crippen LogP contribution is 2.38. The van der Waals surface area contributed by atoms with Crippen LogP contribution in [0.1, 0.15) is 55.9 Å². The lowest BCUT2D eigenvalue weighted by Crippen LogP contribution is -2.13. The lowest BCUT2D eigenvalue weighted by atomic mass is 9.87. The fourth-order valence-corrected chi connectivity index (χ4v) is 5.07. The van der Waals surface area contributed by atoms with Gasteiger partial charge in [-0.1, -0.05) is 61.8 Å². The van der Waals surface area contributed by atoms with Crippen LogP contribution >= 0.6 is 11.3 Å². The number of carbonyl (C=O) groups excluding carboxylic acids is 1. The number of aliphatic carboxylic acids is 1. The minimum Gasteiger partial charge on any atom is -0.481 e. The van der Waals surface area contributed by atoms with E-state index in [2.05, 4.69) is 6.58 Å². The summed E-state index contributed by atoms with van der Waals surface area (Å²) in [5, 5.41) is 20.4. The molecule has 0 saturated heterocycles. The summed E-state index contributed by atoms with van der Waals surface area (Å²) in [6, 6.07) is 10.0. The van der Waals surface area contributed by atoms with Crippen LogP contribution < -0.4 is 0 Å². The maximum atomic E-state index is 12.4. The summed E-state index contributed by atoms with van der Waals surface area (Å²) in [5.74, 6) is -0.675. The first-order chi connectivity index (χ1) is 14.0. The van der Waals surface area contributed by atoms with Gasteiger partial charge in [-0.25, -0.2) is 0 Å². The third kappa shape index (κ3) is 5.64. The van der Waals surface area contributed by atoms with Crippen LogP contribution in [0, 0.1) is 11.8 Å². The summed E-state index contributed by atoms with van der Waals surface area (Å²) in [7, 11) is 0. The minimum absolute atomic E-state index is 0.118. The predicted octanol–water partition coefficient (Wildman–Crippen LogP) is 5.68. The smallest absolute Gasteiger partial charge is 0.303 e. The van der Waals surface area contributed by atoms with Crippen LogP contribution in [0.2, 0.25) is 0 Å². The number of carboxylic acids is 1. The van der Waals surface area contributed by atoms with Crippen molar-refractivity contribution in [2.75, 3.05) is 0 Å². The molecule has 4 nitrogen and oxygen atoms in total. The first-order valence-corrected chi connectivity index (χ1v) is 11.0. The molecule has 0 amide bonds. The van der Waals surface area contributed by atoms with Gasteiger partial charge in [0.05, 0.1) is 0 Å². The van der Waals surface area contributed by atoms with E-state index < -0.39 is 12.1 Å². The molecule has 1 fully saturated rings. The molecule has 1 aliphatic carbocycles. The minimum atomic E-state index is -0.748. The molecule has 154 valence electrons. The Labute approximate surface area is 175 Å². The largest absolute Gasteiger partial charge is 0.481 e. The molecule has 0 unspecified atom stereocenters. The Bertz CT molecular complexity index is 877. The van der Waals surface area contributed by atoms with Crippen molar-refractivity contribution < 1.29 is 19.8 Å². The Balaban J connectivity index is 1.57. The van der Waals surface area contributed by atoms with Crippen LogP contribution in [-0.2, 0) is 9.59 Å². The number of thiophene rings is 1. The van der Waals surface area contributed by atoms with Crippen LogP contribution in [-0.4, -0.2) is 22.0 Å². The number of carbonyl (C=O) groups is 2. The van der Waals surface area contributed by atoms with E-state index >= 15 is 0 Å². The zero-order chi connectivity index (χ0) is 20.8. The number of hydrogen-bond donors (Lipinski definition) is 2. The lowest BCUT2D eigenvalue weighted by Gasteiger charge is -2.16. The molecule has 1 heterocycles. The number of allylic oxidation sites excluding steroid dienone is 2. The van der Waals surface area contributed by atoms with E-state index in [4.69, 9.17) is 5.11 Å². The van der Waals surface area contributed by atoms with E-state index in [1.54, 1.807) is 17.4 Å². The first kappa shape index (κ1) is 21.5. The Morgan fingerprint density at radius 2 is 2.00 bits per heavy atom. The molecule has 29 heavy (non-hydrogen) atoms. The number of aliphatic hydroxyl groups is 1. The summed E-state index contributed by atoms with van der Waals surface area (Å²) in [6.45, 7) is 4.10. The molecule has 1 aliphatic rings. The van der Waals surface area contributed by atoms with Crippen molar-refractivity contribution in [3.63, 3.8) is 0 Å². The van der Waals surface area contributed by atoms with Gasteiger partial charge in [0.25, 0.3) is 0 Å². The monoisotopic (exact) mass is 412 g/mol. The third-order valence-electron chi connectivity index (χ3n) is 5.62. The molecule has 1 aromatic heterocycles. The summed E-state index contributed by atoms with van der Waals surface area (Å²) in [5.41, 5.74) is 0.978. The predicted molar refractivity (Wildman–Crippen MR) is 117 cm³/mol. The molecule has 0 spiro atoms. The molecule has 5 heteroatoms. The van der Waals surface area contributed by atoms with Crippen molar-refractivity contribution in [1.82, 2.24) is 0 Å². The highest BCUT2D eigenvalue weighted by molar-refractivity contribution is 7.19. The number of fused-ring (bicyclic) bond motifs is 1. The SMILES string of the molecule is C=C1CC(=O)[C@H](C=C[C@@H](O)c2cc3ccccc3s2)[C@H]1CCCCCCC(=O)O. The average Bonchev–Trinajstić information content (AvgIpc) is 3.23. The number of hydrogen-bond acceptors (Lipinski definition) is 4. The van der Waals surface area contributed by atoms with Crippen molar-refractivity contribution in [2.45, 2.75) is 51.0 Å². The van der Waals surface area contributed by atoms with Gasteiger partial charge in [-0.2, -0.15) is 0 Å². The van der Waals surface area contributed by atoms with Crippen LogP contribution in [0.5, 0.6) is 0 Å². The number of unbranched alkanes of at least 4 members (excludes halogenated alkanes) is 3. The number of Topliss-reactive ketones (excluding diaryl/α,β-unsaturated/α-hetero) is 1. The fourth-order valence-electron chi connectivity index (χ4n) is 4.04. The molecule has 3 atom stereocenters. The van der Waals surface area contributed by atoms with Crippen LogP contribution in [0.4, 0.5) is 0 Å². The van der Waals surface area contributed by atoms with Gasteiger partial charge in [0.1, 0.15) is 11.9 Å². The summed E-state index contributed by atoms with van der Waals surface area (Å²) < 4.78 is 1.14. The Kier molecular flexibility index (Phi) is 7.40. The van der Waals surface area contributed by atoms with Gasteiger partial charge < -0.3 is 10.2 Å². The average molecular weight is 413 g/mol. The Hall–Kier alpha value is -2.24. The molecule has 2 N–H and O–H groups in total. The molecule has 0 aliphatic heterocycles. The van der Waals surface area contributed by atoms with Gasteiger partial charge in [0, 0.05) is 28.3 Å². The maximum absolute atomic E-state index is 12.4. The second-order valence-electron chi connectivity index (χ2n) is 7.80. The van der Waals surface area contributed by atoms with Gasteiger partial charge in [0.2, 0.25) is 0 Å². The molecular weight excluding hydrogens is 384 g/mol. The maximum Gasteiger partial charge on any atom is 0.303 e. The van der Waals surface area contributed by atoms with Crippen LogP contribution in [0.15, 0.2) is 54.6 Å². The molecule has 3 rings (SSSR count). The van der Waals surface area contributed by atoms with E-state index in [-0.39, 0.29) is 24.0 Å². The van der Waals surface area contributed by atoms with Crippen molar-refractivity contribution in [3.05, 3.63) is 59.5 Å². The quantitative estimate of drug-likeness (QED) is 0.389. The molecular formula is C24H28O4S. The summed E-state index contributed by atoms with van der Waals surface area (Å²) >= 11 is 1.57. The second-order valence-corrected chi connectivity index (χ2v) is 8.91. The van der Waals surface area contributed by atoms with Gasteiger partial charge in [0.15, 0.2) is 0 Å². The highest BCUT2D eigenvalue weighted by Gasteiger charge is 2.35. The topological polar surface area (TPSA) is 74.6 Å². The van der Waals surface area contributed by atoms with Crippen molar-refractivity contribution in [1.29, 1.82) is 0 Å². The number of aliphatic hydroxyl groups excluding tert-OH is 1. The fraction of sp³-hybridized carbons (Fsp3) is 0.417. The normalized spacial score (nSPS) is 20.7. The van der Waals surface area contributed by atoms with E-state index in [9.17, 15) is 14.7 Å². The number of carboxylic acid groups (broad SMARTS) is 1. The van der Waals surface area contributed by atoms with Crippen molar-refractivity contribution in [3.8, 4) is 0 Å². The highest BCUT2D eigenvalue weighted by atomic mass is 32.1.